The molecular formula is C12H30O6P2. The average Bonchev–Trinajstić information content (AvgIpc) is 2.43. The Balaban J connectivity index is 5.67. The number of hydrogen-bond donors (Lipinski definition) is 6. The topological polar surface area (TPSA) is 121 Å². The van der Waals surface area contributed by atoms with Gasteiger partial charge in [0.15, 0.2) is 0 Å². The molecular weight excluding hydrogens is 302 g/mol. The van der Waals surface area contributed by atoms with E-state index in [1.54, 1.807) is 13.0 Å². The molecule has 124 valence electrons. The van der Waals surface area contributed by atoms with Crippen molar-refractivity contribution in [2.45, 2.75) is 25.9 Å². The van der Waals surface area contributed by atoms with Crippen molar-refractivity contribution >= 4 is 14.5 Å². The van der Waals surface area contributed by atoms with Crippen LogP contribution in [0.4, 0.5) is 0 Å². The molecule has 0 spiro atoms. The molecule has 0 heterocycles. The monoisotopic (exact) mass is 332 g/mol. The van der Waals surface area contributed by atoms with Crippen molar-refractivity contribution in [3.8, 4) is 0 Å². The Labute approximate surface area is 121 Å². The third-order valence-electron chi connectivity index (χ3n) is 4.60. The van der Waals surface area contributed by atoms with Crippen LogP contribution in [0.15, 0.2) is 11.4 Å². The number of rotatable bonds is 9. The summed E-state index contributed by atoms with van der Waals surface area (Å²) in [6, 6.07) is 0. The third kappa shape index (κ3) is 3.76. The van der Waals surface area contributed by atoms with Crippen LogP contribution in [0.25, 0.3) is 0 Å². The van der Waals surface area contributed by atoms with Gasteiger partial charge in [-0.25, -0.2) is 0 Å². The zero-order valence-electron chi connectivity index (χ0n) is 12.5. The minimum absolute atomic E-state index is 0.261. The second kappa shape index (κ2) is 8.11. The van der Waals surface area contributed by atoms with Crippen molar-refractivity contribution in [2.75, 3.05) is 38.1 Å². The average molecular weight is 332 g/mol. The first-order chi connectivity index (χ1) is 9.24. The predicted molar refractivity (Wildman–Crippen MR) is 87.0 cm³/mol. The second-order valence-electron chi connectivity index (χ2n) is 6.06. The van der Waals surface area contributed by atoms with Crippen molar-refractivity contribution in [1.29, 1.82) is 0 Å². The summed E-state index contributed by atoms with van der Waals surface area (Å²) in [5, 5.41) is 57.3. The Kier molecular flexibility index (Phi) is 8.26. The molecule has 0 fully saturated rings. The van der Waals surface area contributed by atoms with Gasteiger partial charge in [0.2, 0.25) is 0 Å². The molecule has 0 aromatic carbocycles. The molecule has 0 bridgehead atoms. The Hall–Kier alpha value is 0.360. The quantitative estimate of drug-likeness (QED) is 0.327. The number of aliphatic hydroxyl groups excluding tert-OH is 6. The molecule has 8 heteroatoms. The van der Waals surface area contributed by atoms with Gasteiger partial charge in [0.25, 0.3) is 0 Å². The van der Waals surface area contributed by atoms with Crippen molar-refractivity contribution < 1.29 is 30.6 Å². The van der Waals surface area contributed by atoms with Crippen LogP contribution in [0, 0.1) is 0 Å². The number of aliphatic hydroxyl groups is 6. The van der Waals surface area contributed by atoms with Gasteiger partial charge in [-0.3, -0.25) is 0 Å². The van der Waals surface area contributed by atoms with Gasteiger partial charge in [-0.1, -0.05) is 0 Å². The standard InChI is InChI=1S/C12H30O6P2/c1-11(19(5-13,6-14)7-15)4-12(2,3)20(8-16,9-17)10-18/h4,13-20H,5-10H2,1-3H3/b11-4+. The Bertz CT molecular complexity index is 307. The molecule has 0 saturated carbocycles. The Morgan fingerprint density at radius 3 is 1.40 bits per heavy atom. The van der Waals surface area contributed by atoms with E-state index >= 15 is 0 Å². The summed E-state index contributed by atoms with van der Waals surface area (Å²) in [5.41, 5.74) is 0. The van der Waals surface area contributed by atoms with E-state index in [0.29, 0.717) is 5.31 Å². The summed E-state index contributed by atoms with van der Waals surface area (Å²) >= 11 is 0. The number of hydrogen-bond acceptors (Lipinski definition) is 6. The van der Waals surface area contributed by atoms with Crippen LogP contribution < -0.4 is 0 Å². The van der Waals surface area contributed by atoms with Crippen molar-refractivity contribution in [3.05, 3.63) is 11.4 Å². The first kappa shape index (κ1) is 20.4. The van der Waals surface area contributed by atoms with E-state index in [1.165, 1.54) is 0 Å². The zero-order valence-corrected chi connectivity index (χ0v) is 14.5. The van der Waals surface area contributed by atoms with E-state index < -0.39 is 19.7 Å². The Morgan fingerprint density at radius 1 is 0.800 bits per heavy atom. The van der Waals surface area contributed by atoms with Gasteiger partial charge in [-0.05, 0) is 0 Å². The predicted octanol–water partition coefficient (Wildman–Crippen LogP) is -0.133. The summed E-state index contributed by atoms with van der Waals surface area (Å²) in [7, 11) is -5.50. The molecule has 0 rings (SSSR count). The first-order valence-electron chi connectivity index (χ1n) is 6.60. The van der Waals surface area contributed by atoms with Crippen molar-refractivity contribution in [3.63, 3.8) is 0 Å². The third-order valence-corrected chi connectivity index (χ3v) is 12.9. The molecule has 20 heavy (non-hydrogen) atoms. The summed E-state index contributed by atoms with van der Waals surface area (Å²) in [5.74, 6) is 0. The van der Waals surface area contributed by atoms with Crippen LogP contribution in [0.5, 0.6) is 0 Å². The van der Waals surface area contributed by atoms with Crippen LogP contribution in [0.2, 0.25) is 0 Å². The summed E-state index contributed by atoms with van der Waals surface area (Å²) in [6.07, 6.45) is 0.184. The summed E-state index contributed by atoms with van der Waals surface area (Å²) < 4.78 is 0. The van der Waals surface area contributed by atoms with Gasteiger partial charge < -0.3 is 0 Å². The molecule has 6 N–H and O–H groups in total. The van der Waals surface area contributed by atoms with E-state index in [2.05, 4.69) is 0 Å². The van der Waals surface area contributed by atoms with E-state index in [4.69, 9.17) is 0 Å². The van der Waals surface area contributed by atoms with Gasteiger partial charge in [0, 0.05) is 0 Å². The summed E-state index contributed by atoms with van der Waals surface area (Å²) in [4.78, 5) is 0. The fraction of sp³-hybridized carbons (Fsp3) is 0.833. The molecule has 0 aliphatic heterocycles. The van der Waals surface area contributed by atoms with Gasteiger partial charge in [0.05, 0.1) is 0 Å². The molecule has 0 unspecified atom stereocenters. The van der Waals surface area contributed by atoms with Gasteiger partial charge >= 0.3 is 121 Å². The van der Waals surface area contributed by atoms with Gasteiger partial charge in [-0.2, -0.15) is 0 Å². The van der Waals surface area contributed by atoms with Crippen LogP contribution in [-0.4, -0.2) is 73.9 Å². The fourth-order valence-electron chi connectivity index (χ4n) is 2.13. The van der Waals surface area contributed by atoms with E-state index in [1.807, 2.05) is 13.8 Å². The van der Waals surface area contributed by atoms with Crippen LogP contribution in [-0.2, 0) is 0 Å². The van der Waals surface area contributed by atoms with Crippen LogP contribution in [0.1, 0.15) is 20.8 Å². The molecule has 0 aliphatic carbocycles. The molecule has 0 aliphatic rings. The number of allylic oxidation sites excluding steroid dienone is 2. The molecule has 0 aromatic rings. The molecule has 6 nitrogen and oxygen atoms in total. The van der Waals surface area contributed by atoms with E-state index in [9.17, 15) is 30.6 Å². The summed E-state index contributed by atoms with van der Waals surface area (Å²) in [6.45, 7) is 5.37. The first-order valence-corrected chi connectivity index (χ1v) is 11.8. The molecule has 0 radical (unpaired) electrons. The normalized spacial score (nSPS) is 16.4. The molecule has 0 aromatic heterocycles. The van der Waals surface area contributed by atoms with Crippen molar-refractivity contribution in [1.82, 2.24) is 0 Å². The second-order valence-corrected chi connectivity index (χ2v) is 15.2. The molecule has 0 saturated heterocycles. The zero-order chi connectivity index (χ0) is 16.0. The minimum atomic E-state index is -2.76. The van der Waals surface area contributed by atoms with Gasteiger partial charge in [-0.15, -0.1) is 0 Å². The maximum atomic E-state index is 9.58. The van der Waals surface area contributed by atoms with Crippen LogP contribution >= 0.6 is 14.5 Å². The van der Waals surface area contributed by atoms with E-state index in [0.717, 1.165) is 0 Å². The molecule has 0 amide bonds. The Morgan fingerprint density at radius 2 is 1.15 bits per heavy atom. The maximum absolute atomic E-state index is 9.58. The van der Waals surface area contributed by atoms with Crippen molar-refractivity contribution in [2.24, 2.45) is 0 Å². The SMILES string of the molecule is C/C(=C\C(C)(C)[PH](CO)(CO)CO)[PH](CO)(CO)CO. The van der Waals surface area contributed by atoms with Gasteiger partial charge in [0.1, 0.15) is 0 Å². The molecule has 0 atom stereocenters. The fourth-order valence-corrected chi connectivity index (χ4v) is 6.04. The van der Waals surface area contributed by atoms with Crippen LogP contribution in [0.3, 0.4) is 0 Å². The van der Waals surface area contributed by atoms with E-state index in [-0.39, 0.29) is 38.1 Å².